The molecule has 0 aliphatic heterocycles. The van der Waals surface area contributed by atoms with Gasteiger partial charge in [-0.3, -0.25) is 0 Å². The van der Waals surface area contributed by atoms with Gasteiger partial charge < -0.3 is 5.11 Å². The molecule has 0 unspecified atom stereocenters. The molecule has 1 aromatic heterocycles. The molecule has 0 aliphatic carbocycles. The third-order valence-electron chi connectivity index (χ3n) is 1.16. The summed E-state index contributed by atoms with van der Waals surface area (Å²) in [5.74, 6) is -0.887. The van der Waals surface area contributed by atoms with E-state index in [4.69, 9.17) is 5.11 Å². The molecule has 3 heteroatoms. The van der Waals surface area contributed by atoms with Crippen LogP contribution in [-0.2, 0) is 11.2 Å². The molecule has 58 valence electrons. The van der Waals surface area contributed by atoms with E-state index in [2.05, 4.69) is 0 Å². The maximum Gasteiger partial charge on any atom is 0.327 e. The molecule has 0 spiro atoms. The topological polar surface area (TPSA) is 37.3 Å². The summed E-state index contributed by atoms with van der Waals surface area (Å²) in [6, 6.07) is 3.94. The van der Waals surface area contributed by atoms with Gasteiger partial charge in [0.2, 0.25) is 0 Å². The highest BCUT2D eigenvalue weighted by Crippen LogP contribution is 2.08. The Balaban J connectivity index is 2.40. The molecule has 0 saturated carbocycles. The largest absolute Gasteiger partial charge is 0.478 e. The Kier molecular flexibility index (Phi) is 2.86. The van der Waals surface area contributed by atoms with Crippen molar-refractivity contribution in [3.05, 3.63) is 34.5 Å². The second-order valence-electron chi connectivity index (χ2n) is 2.02. The van der Waals surface area contributed by atoms with Gasteiger partial charge in [-0.15, -0.1) is 11.3 Å². The van der Waals surface area contributed by atoms with Crippen molar-refractivity contribution in [1.29, 1.82) is 0 Å². The van der Waals surface area contributed by atoms with E-state index in [1.165, 1.54) is 11.0 Å². The number of carbonyl (C=O) groups is 1. The predicted molar refractivity (Wildman–Crippen MR) is 44.8 cm³/mol. The van der Waals surface area contributed by atoms with Gasteiger partial charge in [-0.2, -0.15) is 0 Å². The number of thiophene rings is 1. The van der Waals surface area contributed by atoms with E-state index in [0.717, 1.165) is 0 Å². The second kappa shape index (κ2) is 3.93. The van der Waals surface area contributed by atoms with E-state index < -0.39 is 5.97 Å². The molecule has 0 bridgehead atoms. The van der Waals surface area contributed by atoms with Crippen molar-refractivity contribution in [3.8, 4) is 0 Å². The number of carboxylic acid groups (broad SMARTS) is 1. The first-order chi connectivity index (χ1) is 5.29. The monoisotopic (exact) mass is 168 g/mol. The lowest BCUT2D eigenvalue weighted by molar-refractivity contribution is -0.131. The van der Waals surface area contributed by atoms with Crippen molar-refractivity contribution >= 4 is 17.3 Å². The number of aliphatic carboxylic acids is 1. The van der Waals surface area contributed by atoms with E-state index in [1.54, 1.807) is 17.4 Å². The smallest absolute Gasteiger partial charge is 0.327 e. The van der Waals surface area contributed by atoms with E-state index >= 15 is 0 Å². The molecule has 0 fully saturated rings. The number of rotatable bonds is 3. The van der Waals surface area contributed by atoms with E-state index in [1.807, 2.05) is 17.5 Å². The van der Waals surface area contributed by atoms with E-state index in [-0.39, 0.29) is 0 Å². The van der Waals surface area contributed by atoms with Gasteiger partial charge in [0, 0.05) is 17.4 Å². The summed E-state index contributed by atoms with van der Waals surface area (Å²) < 4.78 is 0. The quantitative estimate of drug-likeness (QED) is 0.700. The fraction of sp³-hybridized carbons (Fsp3) is 0.125. The van der Waals surface area contributed by atoms with Crippen molar-refractivity contribution in [3.63, 3.8) is 0 Å². The standard InChI is InChI=1S/C8H8O2S/c9-8(10)5-1-3-7-4-2-6-11-7/h1-2,4-6H,3H2,(H,9,10). The molecule has 1 aromatic rings. The molecule has 11 heavy (non-hydrogen) atoms. The fourth-order valence-electron chi connectivity index (χ4n) is 0.705. The highest BCUT2D eigenvalue weighted by molar-refractivity contribution is 7.09. The van der Waals surface area contributed by atoms with Crippen molar-refractivity contribution in [2.75, 3.05) is 0 Å². The minimum absolute atomic E-state index is 0.712. The van der Waals surface area contributed by atoms with E-state index in [9.17, 15) is 4.79 Å². The number of allylic oxidation sites excluding steroid dienone is 1. The Hall–Kier alpha value is -1.09. The number of hydrogen-bond acceptors (Lipinski definition) is 2. The van der Waals surface area contributed by atoms with Crippen molar-refractivity contribution in [2.45, 2.75) is 6.42 Å². The van der Waals surface area contributed by atoms with Crippen LogP contribution in [0.5, 0.6) is 0 Å². The Morgan fingerprint density at radius 1 is 1.73 bits per heavy atom. The van der Waals surface area contributed by atoms with Gasteiger partial charge in [0.05, 0.1) is 0 Å². The van der Waals surface area contributed by atoms with Crippen LogP contribution in [0, 0.1) is 0 Å². The lowest BCUT2D eigenvalue weighted by atomic mass is 10.3. The molecule has 0 atom stereocenters. The molecule has 0 amide bonds. The maximum atomic E-state index is 10.0. The molecule has 1 rings (SSSR count). The highest BCUT2D eigenvalue weighted by atomic mass is 32.1. The zero-order chi connectivity index (χ0) is 8.10. The average Bonchev–Trinajstić information content (AvgIpc) is 2.39. The molecule has 2 nitrogen and oxygen atoms in total. The van der Waals surface area contributed by atoms with Crippen molar-refractivity contribution in [1.82, 2.24) is 0 Å². The van der Waals surface area contributed by atoms with E-state index in [0.29, 0.717) is 6.42 Å². The van der Waals surface area contributed by atoms with Gasteiger partial charge in [0.1, 0.15) is 0 Å². The third-order valence-corrected chi connectivity index (χ3v) is 2.06. The molecule has 0 saturated heterocycles. The SMILES string of the molecule is O=C(O)C=CCc1cccs1. The van der Waals surface area contributed by atoms with Gasteiger partial charge in [-0.05, 0) is 11.4 Å². The van der Waals surface area contributed by atoms with Crippen LogP contribution in [0.15, 0.2) is 29.7 Å². The van der Waals surface area contributed by atoms with Gasteiger partial charge in [-0.25, -0.2) is 4.79 Å². The number of hydrogen-bond donors (Lipinski definition) is 1. The Morgan fingerprint density at radius 3 is 3.09 bits per heavy atom. The summed E-state index contributed by atoms with van der Waals surface area (Å²) in [6.45, 7) is 0. The fourth-order valence-corrected chi connectivity index (χ4v) is 1.39. The van der Waals surface area contributed by atoms with Crippen LogP contribution in [-0.4, -0.2) is 11.1 Å². The molecular weight excluding hydrogens is 160 g/mol. The van der Waals surface area contributed by atoms with Crippen molar-refractivity contribution in [2.24, 2.45) is 0 Å². The second-order valence-corrected chi connectivity index (χ2v) is 3.06. The first kappa shape index (κ1) is 8.01. The summed E-state index contributed by atoms with van der Waals surface area (Å²) in [6.07, 6.45) is 3.53. The predicted octanol–water partition coefficient (Wildman–Crippen LogP) is 1.93. The Morgan fingerprint density at radius 2 is 2.55 bits per heavy atom. The summed E-state index contributed by atoms with van der Waals surface area (Å²) in [7, 11) is 0. The van der Waals surface area contributed by atoms with Crippen LogP contribution in [0.2, 0.25) is 0 Å². The third kappa shape index (κ3) is 3.00. The number of carboxylic acids is 1. The molecule has 1 heterocycles. The lowest BCUT2D eigenvalue weighted by Crippen LogP contribution is -1.86. The van der Waals surface area contributed by atoms with Gasteiger partial charge in [0.15, 0.2) is 0 Å². The molecule has 0 aliphatic rings. The van der Waals surface area contributed by atoms with Crippen LogP contribution >= 0.6 is 11.3 Å². The first-order valence-corrected chi connectivity index (χ1v) is 4.09. The summed E-state index contributed by atoms with van der Waals surface area (Å²) >= 11 is 1.63. The van der Waals surface area contributed by atoms with Crippen LogP contribution in [0.4, 0.5) is 0 Å². The van der Waals surface area contributed by atoms with Gasteiger partial charge in [-0.1, -0.05) is 12.1 Å². The van der Waals surface area contributed by atoms with Gasteiger partial charge >= 0.3 is 5.97 Å². The maximum absolute atomic E-state index is 10.0. The van der Waals surface area contributed by atoms with Crippen LogP contribution in [0.25, 0.3) is 0 Å². The van der Waals surface area contributed by atoms with Crippen LogP contribution in [0.3, 0.4) is 0 Å². The first-order valence-electron chi connectivity index (χ1n) is 3.21. The average molecular weight is 168 g/mol. The summed E-state index contributed by atoms with van der Waals surface area (Å²) in [5.41, 5.74) is 0. The zero-order valence-corrected chi connectivity index (χ0v) is 6.67. The van der Waals surface area contributed by atoms with Gasteiger partial charge in [0.25, 0.3) is 0 Å². The summed E-state index contributed by atoms with van der Waals surface area (Å²) in [5, 5.41) is 10.2. The van der Waals surface area contributed by atoms with Crippen molar-refractivity contribution < 1.29 is 9.90 Å². The molecule has 1 N–H and O–H groups in total. The van der Waals surface area contributed by atoms with Crippen LogP contribution in [0.1, 0.15) is 4.88 Å². The zero-order valence-electron chi connectivity index (χ0n) is 5.86. The minimum Gasteiger partial charge on any atom is -0.478 e. The highest BCUT2D eigenvalue weighted by Gasteiger charge is 1.89. The molecular formula is C8H8O2S. The normalized spacial score (nSPS) is 10.5. The summed E-state index contributed by atoms with van der Waals surface area (Å²) in [4.78, 5) is 11.2. The minimum atomic E-state index is -0.887. The van der Waals surface area contributed by atoms with Crippen LogP contribution < -0.4 is 0 Å². The molecule has 0 radical (unpaired) electrons. The molecule has 0 aromatic carbocycles. The Bertz CT molecular complexity index is 249. The Labute approximate surface area is 68.8 Å². The lowest BCUT2D eigenvalue weighted by Gasteiger charge is -1.84.